The van der Waals surface area contributed by atoms with Crippen LogP contribution in [0.2, 0.25) is 5.15 Å². The zero-order valence-corrected chi connectivity index (χ0v) is 11.9. The van der Waals surface area contributed by atoms with Crippen molar-refractivity contribution < 1.29 is 4.79 Å². The van der Waals surface area contributed by atoms with Crippen molar-refractivity contribution in [1.29, 1.82) is 0 Å². The summed E-state index contributed by atoms with van der Waals surface area (Å²) in [6, 6.07) is 5.52. The zero-order chi connectivity index (χ0) is 13.8. The number of amides is 1. The Bertz CT molecular complexity index is 573. The molecule has 0 spiro atoms. The molecule has 0 aliphatic heterocycles. The van der Waals surface area contributed by atoms with E-state index >= 15 is 0 Å². The first-order valence-electron chi connectivity index (χ1n) is 5.64. The predicted molar refractivity (Wildman–Crippen MR) is 76.9 cm³/mol. The van der Waals surface area contributed by atoms with Crippen molar-refractivity contribution in [3.05, 3.63) is 39.2 Å². The van der Waals surface area contributed by atoms with E-state index in [1.54, 1.807) is 11.3 Å². The van der Waals surface area contributed by atoms with E-state index in [2.05, 4.69) is 16.3 Å². The Balaban J connectivity index is 2.14. The van der Waals surface area contributed by atoms with Crippen molar-refractivity contribution in [1.82, 2.24) is 10.2 Å². The fraction of sp³-hybridized carbons (Fsp3) is 0.250. The molecule has 0 aromatic carbocycles. The van der Waals surface area contributed by atoms with E-state index in [9.17, 15) is 4.79 Å². The topological polar surface area (TPSA) is 72.1 Å². The fourth-order valence-electron chi connectivity index (χ4n) is 1.66. The van der Waals surface area contributed by atoms with Crippen LogP contribution in [0.5, 0.6) is 0 Å². The molecule has 100 valence electrons. The van der Waals surface area contributed by atoms with E-state index in [4.69, 9.17) is 17.3 Å². The number of carbonyl (C=O) groups is 1. The summed E-state index contributed by atoms with van der Waals surface area (Å²) in [7, 11) is 1.85. The third-order valence-electron chi connectivity index (χ3n) is 2.65. The van der Waals surface area contributed by atoms with Crippen molar-refractivity contribution in [2.24, 2.45) is 5.73 Å². The lowest BCUT2D eigenvalue weighted by Crippen LogP contribution is -2.26. The Labute approximate surface area is 120 Å². The highest BCUT2D eigenvalue weighted by atomic mass is 35.5. The van der Waals surface area contributed by atoms with Crippen LogP contribution in [0.25, 0.3) is 0 Å². The largest absolute Gasteiger partial charge is 0.365 e. The number of hydrogen-bond donors (Lipinski definition) is 1. The standard InChI is InChI=1S/C12H13ClN4OS/c1-17(5-4-8-3-2-6-19-8)12-9(11(14)18)7-10(13)15-16-12/h2-3,6-7H,4-5H2,1H3,(H2,14,18). The van der Waals surface area contributed by atoms with Gasteiger partial charge in [-0.05, 0) is 23.9 Å². The second-order valence-corrected chi connectivity index (χ2v) is 5.44. The van der Waals surface area contributed by atoms with Crippen LogP contribution in [0, 0.1) is 0 Å². The van der Waals surface area contributed by atoms with Crippen LogP contribution in [-0.4, -0.2) is 29.7 Å². The average molecular weight is 297 g/mol. The van der Waals surface area contributed by atoms with Crippen molar-refractivity contribution in [2.75, 3.05) is 18.5 Å². The second kappa shape index (κ2) is 5.99. The van der Waals surface area contributed by atoms with Gasteiger partial charge in [0.25, 0.3) is 5.91 Å². The maximum absolute atomic E-state index is 11.4. The lowest BCUT2D eigenvalue weighted by atomic mass is 10.2. The molecule has 0 unspecified atom stereocenters. The summed E-state index contributed by atoms with van der Waals surface area (Å²) in [5.74, 6) is -0.108. The quantitative estimate of drug-likeness (QED) is 0.915. The molecule has 0 saturated heterocycles. The Kier molecular flexibility index (Phi) is 4.34. The number of aromatic nitrogens is 2. The first-order valence-corrected chi connectivity index (χ1v) is 6.90. The molecule has 0 aliphatic carbocycles. The maximum atomic E-state index is 11.4. The van der Waals surface area contributed by atoms with Gasteiger partial charge < -0.3 is 10.6 Å². The molecule has 0 aliphatic rings. The van der Waals surface area contributed by atoms with Crippen LogP contribution in [-0.2, 0) is 6.42 Å². The van der Waals surface area contributed by atoms with Gasteiger partial charge in [-0.25, -0.2) is 0 Å². The van der Waals surface area contributed by atoms with Crippen LogP contribution >= 0.6 is 22.9 Å². The molecule has 2 rings (SSSR count). The first kappa shape index (κ1) is 13.8. The number of nitrogens with zero attached hydrogens (tertiary/aromatic N) is 3. The first-order chi connectivity index (χ1) is 9.08. The SMILES string of the molecule is CN(CCc1cccs1)c1nnc(Cl)cc1C(N)=O. The molecule has 0 fully saturated rings. The molecule has 2 aromatic heterocycles. The number of halogens is 1. The third-order valence-corrected chi connectivity index (χ3v) is 3.77. The highest BCUT2D eigenvalue weighted by Gasteiger charge is 2.15. The number of carbonyl (C=O) groups excluding carboxylic acids is 1. The van der Waals surface area contributed by atoms with Crippen molar-refractivity contribution in [3.63, 3.8) is 0 Å². The lowest BCUT2D eigenvalue weighted by Gasteiger charge is -2.19. The summed E-state index contributed by atoms with van der Waals surface area (Å²) in [4.78, 5) is 14.5. The fourth-order valence-corrected chi connectivity index (χ4v) is 2.51. The zero-order valence-electron chi connectivity index (χ0n) is 10.3. The molecule has 2 heterocycles. The van der Waals surface area contributed by atoms with Gasteiger partial charge >= 0.3 is 0 Å². The van der Waals surface area contributed by atoms with Crippen LogP contribution in [0.4, 0.5) is 5.82 Å². The molecule has 19 heavy (non-hydrogen) atoms. The van der Waals surface area contributed by atoms with Crippen molar-refractivity contribution >= 4 is 34.7 Å². The number of rotatable bonds is 5. The highest BCUT2D eigenvalue weighted by Crippen LogP contribution is 2.19. The van der Waals surface area contributed by atoms with Gasteiger partial charge in [0.1, 0.15) is 0 Å². The summed E-state index contributed by atoms with van der Waals surface area (Å²) in [6.45, 7) is 0.719. The van der Waals surface area contributed by atoms with Gasteiger partial charge in [0, 0.05) is 18.5 Å². The van der Waals surface area contributed by atoms with Crippen LogP contribution in [0.3, 0.4) is 0 Å². The predicted octanol–water partition coefficient (Wildman–Crippen LogP) is 1.97. The summed E-state index contributed by atoms with van der Waals surface area (Å²) in [5, 5.41) is 9.89. The van der Waals surface area contributed by atoms with Gasteiger partial charge in [-0.15, -0.1) is 21.5 Å². The molecular weight excluding hydrogens is 284 g/mol. The van der Waals surface area contributed by atoms with Crippen LogP contribution in [0.15, 0.2) is 23.6 Å². The molecule has 0 bridgehead atoms. The number of thiophene rings is 1. The number of anilines is 1. The Hall–Kier alpha value is -1.66. The molecule has 7 heteroatoms. The van der Waals surface area contributed by atoms with E-state index in [1.165, 1.54) is 10.9 Å². The van der Waals surface area contributed by atoms with E-state index in [1.807, 2.05) is 23.4 Å². The molecule has 1 amide bonds. The van der Waals surface area contributed by atoms with Crippen molar-refractivity contribution in [3.8, 4) is 0 Å². The number of primary amides is 1. The third kappa shape index (κ3) is 3.42. The van der Waals surface area contributed by atoms with Crippen LogP contribution in [0.1, 0.15) is 15.2 Å². The summed E-state index contributed by atoms with van der Waals surface area (Å²) in [5.41, 5.74) is 5.61. The number of hydrogen-bond acceptors (Lipinski definition) is 5. The van der Waals surface area contributed by atoms with Crippen molar-refractivity contribution in [2.45, 2.75) is 6.42 Å². The molecule has 0 saturated carbocycles. The minimum Gasteiger partial charge on any atom is -0.365 e. The van der Waals surface area contributed by atoms with Gasteiger partial charge in [-0.2, -0.15) is 0 Å². The molecule has 0 radical (unpaired) electrons. The Morgan fingerprint density at radius 2 is 2.32 bits per heavy atom. The number of likely N-dealkylation sites (N-methyl/N-ethyl adjacent to an activating group) is 1. The number of nitrogens with two attached hydrogens (primary N) is 1. The van der Waals surface area contributed by atoms with Gasteiger partial charge in [-0.3, -0.25) is 4.79 Å². The highest BCUT2D eigenvalue weighted by molar-refractivity contribution is 7.09. The van der Waals surface area contributed by atoms with Gasteiger partial charge in [0.2, 0.25) is 0 Å². The summed E-state index contributed by atoms with van der Waals surface area (Å²) >= 11 is 7.42. The van der Waals surface area contributed by atoms with Gasteiger partial charge in [0.15, 0.2) is 11.0 Å². The minimum absolute atomic E-state index is 0.157. The van der Waals surface area contributed by atoms with E-state index < -0.39 is 5.91 Å². The van der Waals surface area contributed by atoms with Crippen LogP contribution < -0.4 is 10.6 Å². The normalized spacial score (nSPS) is 10.4. The second-order valence-electron chi connectivity index (χ2n) is 4.02. The molecule has 0 atom stereocenters. The summed E-state index contributed by atoms with van der Waals surface area (Å²) < 4.78 is 0. The Morgan fingerprint density at radius 3 is 2.95 bits per heavy atom. The molecule has 5 nitrogen and oxygen atoms in total. The van der Waals surface area contributed by atoms with E-state index in [0.29, 0.717) is 5.82 Å². The summed E-state index contributed by atoms with van der Waals surface area (Å²) in [6.07, 6.45) is 0.872. The minimum atomic E-state index is -0.560. The van der Waals surface area contributed by atoms with E-state index in [0.717, 1.165) is 13.0 Å². The lowest BCUT2D eigenvalue weighted by molar-refractivity contribution is 0.100. The average Bonchev–Trinajstić information content (AvgIpc) is 2.88. The van der Waals surface area contributed by atoms with Gasteiger partial charge in [-0.1, -0.05) is 17.7 Å². The Morgan fingerprint density at radius 1 is 1.53 bits per heavy atom. The maximum Gasteiger partial charge on any atom is 0.252 e. The molecule has 2 N–H and O–H groups in total. The smallest absolute Gasteiger partial charge is 0.252 e. The monoisotopic (exact) mass is 296 g/mol. The molecule has 2 aromatic rings. The van der Waals surface area contributed by atoms with E-state index in [-0.39, 0.29) is 10.7 Å². The van der Waals surface area contributed by atoms with Gasteiger partial charge in [0.05, 0.1) is 5.56 Å². The molecular formula is C12H13ClN4OS.